The molecule has 2 aromatic rings. The van der Waals surface area contributed by atoms with Gasteiger partial charge in [-0.3, -0.25) is 34.4 Å². The van der Waals surface area contributed by atoms with E-state index in [0.29, 0.717) is 31.5 Å². The predicted molar refractivity (Wildman–Crippen MR) is 112 cm³/mol. The summed E-state index contributed by atoms with van der Waals surface area (Å²) in [7, 11) is 0. The number of likely N-dealkylation sites (tertiary alicyclic amines) is 1. The number of benzene rings is 1. The minimum absolute atomic E-state index is 0.208. The lowest BCUT2D eigenvalue weighted by molar-refractivity contribution is -0.148. The molecule has 2 fully saturated rings. The van der Waals surface area contributed by atoms with Gasteiger partial charge in [0.05, 0.1) is 5.69 Å². The Hall–Kier alpha value is -3.59. The number of carboxylic acids is 1. The van der Waals surface area contributed by atoms with Crippen LogP contribution in [0.15, 0.2) is 36.5 Å². The lowest BCUT2D eigenvalue weighted by atomic mass is 10.0. The van der Waals surface area contributed by atoms with Crippen LogP contribution in [-0.4, -0.2) is 62.2 Å². The summed E-state index contributed by atoms with van der Waals surface area (Å²) in [5.41, 5.74) is 3.94. The molecule has 9 nitrogen and oxygen atoms in total. The van der Waals surface area contributed by atoms with Crippen molar-refractivity contribution in [2.45, 2.75) is 44.4 Å². The highest BCUT2D eigenvalue weighted by molar-refractivity contribution is 6.05. The summed E-state index contributed by atoms with van der Waals surface area (Å²) in [6.07, 6.45) is 2.91. The standard InChI is InChI=1S/C23H22N4O5/c28-20-4-3-18(21(29)25-20)27-12-15-10-14(1-2-16(15)22(27)30)17-9-13(5-7-24-17)11-26-8-6-19(26)23(31)32/h1-2,5,7,9-10,18-19H,3-4,6,8,11-12H2,(H,31,32)(H,25,28,29). The molecular weight excluding hydrogens is 412 g/mol. The third-order valence-electron chi connectivity index (χ3n) is 6.44. The first-order valence-electron chi connectivity index (χ1n) is 10.6. The van der Waals surface area contributed by atoms with Crippen LogP contribution in [0.5, 0.6) is 0 Å². The summed E-state index contributed by atoms with van der Waals surface area (Å²) < 4.78 is 0. The largest absolute Gasteiger partial charge is 0.480 e. The number of hydrogen-bond donors (Lipinski definition) is 2. The second kappa shape index (κ2) is 7.83. The summed E-state index contributed by atoms with van der Waals surface area (Å²) in [5, 5.41) is 11.6. The van der Waals surface area contributed by atoms with E-state index in [1.165, 1.54) is 4.90 Å². The third kappa shape index (κ3) is 3.54. The van der Waals surface area contributed by atoms with Gasteiger partial charge in [-0.25, -0.2) is 0 Å². The number of carboxylic acid groups (broad SMARTS) is 1. The average Bonchev–Trinajstić information content (AvgIpc) is 3.07. The number of nitrogens with zero attached hydrogens (tertiary/aromatic N) is 3. The molecule has 2 unspecified atom stereocenters. The molecule has 2 N–H and O–H groups in total. The van der Waals surface area contributed by atoms with Gasteiger partial charge in [0.2, 0.25) is 11.8 Å². The Bertz CT molecular complexity index is 1150. The first-order chi connectivity index (χ1) is 15.4. The minimum atomic E-state index is -0.797. The maximum absolute atomic E-state index is 12.9. The molecule has 9 heteroatoms. The van der Waals surface area contributed by atoms with Crippen molar-refractivity contribution >= 4 is 23.7 Å². The van der Waals surface area contributed by atoms with Gasteiger partial charge in [0.15, 0.2) is 0 Å². The summed E-state index contributed by atoms with van der Waals surface area (Å²) in [6.45, 7) is 1.60. The number of fused-ring (bicyclic) bond motifs is 1. The first-order valence-corrected chi connectivity index (χ1v) is 10.6. The Morgan fingerprint density at radius 3 is 2.72 bits per heavy atom. The molecule has 2 atom stereocenters. The van der Waals surface area contributed by atoms with Crippen LogP contribution in [0.4, 0.5) is 0 Å². The van der Waals surface area contributed by atoms with Crippen molar-refractivity contribution in [1.29, 1.82) is 0 Å². The van der Waals surface area contributed by atoms with Crippen LogP contribution in [-0.2, 0) is 27.5 Å². The molecule has 0 spiro atoms. The number of carbonyl (C=O) groups is 4. The summed E-state index contributed by atoms with van der Waals surface area (Å²) in [4.78, 5) is 55.7. The van der Waals surface area contributed by atoms with E-state index < -0.39 is 24.0 Å². The second-order valence-corrected chi connectivity index (χ2v) is 8.43. The fourth-order valence-corrected chi connectivity index (χ4v) is 4.61. The van der Waals surface area contributed by atoms with Crippen LogP contribution in [0.25, 0.3) is 11.3 Å². The quantitative estimate of drug-likeness (QED) is 0.678. The van der Waals surface area contributed by atoms with Crippen LogP contribution < -0.4 is 5.32 Å². The van der Waals surface area contributed by atoms with Gasteiger partial charge in [0.1, 0.15) is 12.1 Å². The van der Waals surface area contributed by atoms with Gasteiger partial charge in [-0.05, 0) is 48.2 Å². The van der Waals surface area contributed by atoms with Crippen molar-refractivity contribution in [3.8, 4) is 11.3 Å². The summed E-state index contributed by atoms with van der Waals surface area (Å²) in [6, 6.07) is 8.24. The number of aliphatic carboxylic acids is 1. The van der Waals surface area contributed by atoms with E-state index in [9.17, 15) is 24.3 Å². The SMILES string of the molecule is O=C1CCC(N2Cc3cc(-c4cc(CN5CCC5C(=O)O)ccn4)ccc3C2=O)C(=O)N1. The lowest BCUT2D eigenvalue weighted by Gasteiger charge is -2.37. The Morgan fingerprint density at radius 1 is 1.16 bits per heavy atom. The molecule has 32 heavy (non-hydrogen) atoms. The number of piperidine rings is 1. The Labute approximate surface area is 184 Å². The Kier molecular flexibility index (Phi) is 4.97. The fraction of sp³-hybridized carbons (Fsp3) is 0.348. The van der Waals surface area contributed by atoms with Gasteiger partial charge in [-0.15, -0.1) is 0 Å². The first kappa shape index (κ1) is 20.3. The number of hydrogen-bond acceptors (Lipinski definition) is 6. The zero-order valence-electron chi connectivity index (χ0n) is 17.3. The zero-order chi connectivity index (χ0) is 22.4. The number of imide groups is 1. The molecule has 1 aromatic carbocycles. The van der Waals surface area contributed by atoms with Crippen molar-refractivity contribution < 1.29 is 24.3 Å². The highest BCUT2D eigenvalue weighted by atomic mass is 16.4. The number of carbonyl (C=O) groups excluding carboxylic acids is 3. The van der Waals surface area contributed by atoms with E-state index in [0.717, 1.165) is 28.9 Å². The second-order valence-electron chi connectivity index (χ2n) is 8.43. The van der Waals surface area contributed by atoms with E-state index in [1.54, 1.807) is 12.3 Å². The highest BCUT2D eigenvalue weighted by Crippen LogP contribution is 2.31. The Morgan fingerprint density at radius 2 is 2.00 bits per heavy atom. The summed E-state index contributed by atoms with van der Waals surface area (Å²) >= 11 is 0. The van der Waals surface area contributed by atoms with Gasteiger partial charge >= 0.3 is 5.97 Å². The monoisotopic (exact) mass is 434 g/mol. The minimum Gasteiger partial charge on any atom is -0.480 e. The predicted octanol–water partition coefficient (Wildman–Crippen LogP) is 1.17. The van der Waals surface area contributed by atoms with Crippen LogP contribution in [0.3, 0.4) is 0 Å². The molecule has 0 bridgehead atoms. The van der Waals surface area contributed by atoms with E-state index in [1.807, 2.05) is 29.2 Å². The number of pyridine rings is 1. The maximum Gasteiger partial charge on any atom is 0.320 e. The molecule has 0 aliphatic carbocycles. The normalized spacial score (nSPS) is 23.0. The van der Waals surface area contributed by atoms with Crippen molar-refractivity contribution in [2.24, 2.45) is 0 Å². The lowest BCUT2D eigenvalue weighted by Crippen LogP contribution is -2.52. The summed E-state index contributed by atoms with van der Waals surface area (Å²) in [5.74, 6) is -1.74. The van der Waals surface area contributed by atoms with Crippen LogP contribution in [0.1, 0.15) is 40.7 Å². The molecule has 3 amide bonds. The van der Waals surface area contributed by atoms with E-state index in [4.69, 9.17) is 0 Å². The van der Waals surface area contributed by atoms with E-state index in [2.05, 4.69) is 10.3 Å². The van der Waals surface area contributed by atoms with Crippen LogP contribution in [0, 0.1) is 0 Å². The van der Waals surface area contributed by atoms with E-state index in [-0.39, 0.29) is 18.2 Å². The smallest absolute Gasteiger partial charge is 0.320 e. The molecule has 3 aliphatic heterocycles. The van der Waals surface area contributed by atoms with Gasteiger partial charge in [0.25, 0.3) is 5.91 Å². The highest BCUT2D eigenvalue weighted by Gasteiger charge is 2.39. The van der Waals surface area contributed by atoms with Crippen molar-refractivity contribution in [3.63, 3.8) is 0 Å². The molecule has 164 valence electrons. The van der Waals surface area contributed by atoms with Crippen molar-refractivity contribution in [3.05, 3.63) is 53.2 Å². The zero-order valence-corrected chi connectivity index (χ0v) is 17.3. The third-order valence-corrected chi connectivity index (χ3v) is 6.44. The van der Waals surface area contributed by atoms with Gasteiger partial charge < -0.3 is 10.0 Å². The van der Waals surface area contributed by atoms with Gasteiger partial charge in [0, 0.05) is 43.4 Å². The molecular formula is C23H22N4O5. The number of rotatable bonds is 5. The molecule has 0 radical (unpaired) electrons. The topological polar surface area (TPSA) is 120 Å². The molecule has 3 aliphatic rings. The maximum atomic E-state index is 12.9. The number of amides is 3. The Balaban J connectivity index is 1.35. The van der Waals surface area contributed by atoms with E-state index >= 15 is 0 Å². The van der Waals surface area contributed by atoms with Crippen molar-refractivity contribution in [2.75, 3.05) is 6.54 Å². The average molecular weight is 434 g/mol. The molecule has 4 heterocycles. The number of aromatic nitrogens is 1. The molecule has 2 saturated heterocycles. The molecule has 0 saturated carbocycles. The number of nitrogens with one attached hydrogen (secondary N) is 1. The van der Waals surface area contributed by atoms with Crippen LogP contribution >= 0.6 is 0 Å². The van der Waals surface area contributed by atoms with Gasteiger partial charge in [-0.1, -0.05) is 6.07 Å². The molecule has 5 rings (SSSR count). The van der Waals surface area contributed by atoms with Gasteiger partial charge in [-0.2, -0.15) is 0 Å². The fourth-order valence-electron chi connectivity index (χ4n) is 4.61. The van der Waals surface area contributed by atoms with Crippen LogP contribution in [0.2, 0.25) is 0 Å². The van der Waals surface area contributed by atoms with Crippen molar-refractivity contribution in [1.82, 2.24) is 20.1 Å². The molecule has 1 aromatic heterocycles.